The van der Waals surface area contributed by atoms with E-state index in [1.54, 1.807) is 0 Å². The van der Waals surface area contributed by atoms with Crippen LogP contribution in [0.25, 0.3) is 0 Å². The van der Waals surface area contributed by atoms with Gasteiger partial charge in [0.15, 0.2) is 0 Å². The van der Waals surface area contributed by atoms with Crippen LogP contribution in [0.3, 0.4) is 0 Å². The quantitative estimate of drug-likeness (QED) is 0.875. The summed E-state index contributed by atoms with van der Waals surface area (Å²) in [5.74, 6) is -0.933. The number of anilines is 1. The van der Waals surface area contributed by atoms with Gasteiger partial charge in [0.05, 0.1) is 0 Å². The number of aliphatic carboxylic acids is 1. The molecule has 1 aromatic carbocycles. The minimum absolute atomic E-state index is 0.332. The number of nitrogens with one attached hydrogen (secondary N) is 1. The van der Waals surface area contributed by atoms with E-state index in [0.29, 0.717) is 18.7 Å². The molecule has 1 aliphatic heterocycles. The number of rotatable bonds is 5. The predicted octanol–water partition coefficient (Wildman–Crippen LogP) is 3.11. The van der Waals surface area contributed by atoms with E-state index < -0.39 is 12.0 Å². The van der Waals surface area contributed by atoms with E-state index in [4.69, 9.17) is 5.11 Å². The number of aryl methyl sites for hydroxylation is 1. The molecule has 1 fully saturated rings. The minimum Gasteiger partial charge on any atom is -0.480 e. The van der Waals surface area contributed by atoms with Crippen molar-refractivity contribution in [1.82, 2.24) is 4.90 Å². The van der Waals surface area contributed by atoms with Crippen LogP contribution in [-0.4, -0.2) is 34.6 Å². The van der Waals surface area contributed by atoms with E-state index >= 15 is 0 Å². The van der Waals surface area contributed by atoms with Gasteiger partial charge in [-0.05, 0) is 43.4 Å². The summed E-state index contributed by atoms with van der Waals surface area (Å²) in [7, 11) is 0. The molecule has 21 heavy (non-hydrogen) atoms. The van der Waals surface area contributed by atoms with Gasteiger partial charge in [0.25, 0.3) is 0 Å². The SMILES string of the molecule is CCCCc1ccc(NC(=O)N2CCC[C@@H]2C(=O)O)cc1. The van der Waals surface area contributed by atoms with Crippen molar-refractivity contribution in [3.63, 3.8) is 0 Å². The highest BCUT2D eigenvalue weighted by atomic mass is 16.4. The number of carbonyl (C=O) groups excluding carboxylic acids is 1. The van der Waals surface area contributed by atoms with E-state index in [9.17, 15) is 9.59 Å². The Morgan fingerprint density at radius 3 is 2.67 bits per heavy atom. The number of carboxylic acids is 1. The molecule has 1 heterocycles. The van der Waals surface area contributed by atoms with Crippen molar-refractivity contribution < 1.29 is 14.7 Å². The second-order valence-electron chi connectivity index (χ2n) is 5.42. The molecule has 1 atom stereocenters. The largest absolute Gasteiger partial charge is 0.480 e. The Kier molecular flexibility index (Phi) is 5.20. The summed E-state index contributed by atoms with van der Waals surface area (Å²) >= 11 is 0. The van der Waals surface area contributed by atoms with Crippen molar-refractivity contribution in [3.8, 4) is 0 Å². The molecule has 0 saturated carbocycles. The Labute approximate surface area is 125 Å². The molecular weight excluding hydrogens is 268 g/mol. The van der Waals surface area contributed by atoms with Crippen LogP contribution < -0.4 is 5.32 Å². The minimum atomic E-state index is -0.933. The monoisotopic (exact) mass is 290 g/mol. The third-order valence-electron chi connectivity index (χ3n) is 3.82. The highest BCUT2D eigenvalue weighted by molar-refractivity contribution is 5.92. The summed E-state index contributed by atoms with van der Waals surface area (Å²) in [5, 5.41) is 11.9. The van der Waals surface area contributed by atoms with Crippen LogP contribution in [0.5, 0.6) is 0 Å². The zero-order valence-electron chi connectivity index (χ0n) is 12.3. The van der Waals surface area contributed by atoms with Gasteiger partial charge in [-0.15, -0.1) is 0 Å². The molecule has 0 aliphatic carbocycles. The normalized spacial score (nSPS) is 17.8. The summed E-state index contributed by atoms with van der Waals surface area (Å²) in [5.41, 5.74) is 1.95. The van der Waals surface area contributed by atoms with Crippen molar-refractivity contribution in [1.29, 1.82) is 0 Å². The number of urea groups is 1. The number of hydrogen-bond donors (Lipinski definition) is 2. The molecule has 0 unspecified atom stereocenters. The molecule has 1 aliphatic rings. The molecular formula is C16H22N2O3. The molecule has 0 spiro atoms. The number of amides is 2. The Hall–Kier alpha value is -2.04. The fourth-order valence-electron chi connectivity index (χ4n) is 2.60. The van der Waals surface area contributed by atoms with Crippen molar-refractivity contribution in [3.05, 3.63) is 29.8 Å². The molecule has 2 rings (SSSR count). The topological polar surface area (TPSA) is 69.6 Å². The lowest BCUT2D eigenvalue weighted by Gasteiger charge is -2.21. The van der Waals surface area contributed by atoms with E-state index in [-0.39, 0.29) is 6.03 Å². The first-order chi connectivity index (χ1) is 10.1. The average Bonchev–Trinajstić information content (AvgIpc) is 2.96. The maximum absolute atomic E-state index is 12.1. The molecule has 5 heteroatoms. The maximum atomic E-state index is 12.1. The van der Waals surface area contributed by atoms with Crippen molar-refractivity contribution >= 4 is 17.7 Å². The molecule has 2 amide bonds. The van der Waals surface area contributed by atoms with Gasteiger partial charge in [-0.1, -0.05) is 25.5 Å². The van der Waals surface area contributed by atoms with Gasteiger partial charge in [-0.3, -0.25) is 0 Å². The predicted molar refractivity (Wildman–Crippen MR) is 81.4 cm³/mol. The number of likely N-dealkylation sites (tertiary alicyclic amines) is 1. The van der Waals surface area contributed by atoms with Crippen LogP contribution in [-0.2, 0) is 11.2 Å². The van der Waals surface area contributed by atoms with Crippen LogP contribution in [0.2, 0.25) is 0 Å². The van der Waals surface area contributed by atoms with Gasteiger partial charge in [-0.2, -0.15) is 0 Å². The number of unbranched alkanes of at least 4 members (excludes halogenated alkanes) is 1. The number of carboxylic acid groups (broad SMARTS) is 1. The van der Waals surface area contributed by atoms with E-state index in [1.807, 2.05) is 24.3 Å². The summed E-state index contributed by atoms with van der Waals surface area (Å²) < 4.78 is 0. The summed E-state index contributed by atoms with van der Waals surface area (Å²) in [6, 6.07) is 6.71. The molecule has 1 saturated heterocycles. The Morgan fingerprint density at radius 1 is 1.33 bits per heavy atom. The van der Waals surface area contributed by atoms with Crippen LogP contribution in [0.1, 0.15) is 38.2 Å². The average molecular weight is 290 g/mol. The zero-order chi connectivity index (χ0) is 15.2. The first-order valence-corrected chi connectivity index (χ1v) is 7.51. The third-order valence-corrected chi connectivity index (χ3v) is 3.82. The fraction of sp³-hybridized carbons (Fsp3) is 0.500. The molecule has 1 aromatic rings. The van der Waals surface area contributed by atoms with Crippen LogP contribution in [0, 0.1) is 0 Å². The van der Waals surface area contributed by atoms with Gasteiger partial charge in [0.2, 0.25) is 0 Å². The maximum Gasteiger partial charge on any atom is 0.326 e. The summed E-state index contributed by atoms with van der Waals surface area (Å²) in [6.45, 7) is 2.65. The van der Waals surface area contributed by atoms with Gasteiger partial charge >= 0.3 is 12.0 Å². The van der Waals surface area contributed by atoms with Crippen molar-refractivity contribution in [2.75, 3.05) is 11.9 Å². The zero-order valence-corrected chi connectivity index (χ0v) is 12.3. The third kappa shape index (κ3) is 3.97. The van der Waals surface area contributed by atoms with E-state index in [0.717, 1.165) is 25.7 Å². The Morgan fingerprint density at radius 2 is 2.05 bits per heavy atom. The molecule has 2 N–H and O–H groups in total. The van der Waals surface area contributed by atoms with Crippen molar-refractivity contribution in [2.24, 2.45) is 0 Å². The molecule has 5 nitrogen and oxygen atoms in total. The standard InChI is InChI=1S/C16H22N2O3/c1-2-3-5-12-7-9-13(10-8-12)17-16(21)18-11-4-6-14(18)15(19)20/h7-10,14H,2-6,11H2,1H3,(H,17,21)(H,19,20)/t14-/m1/s1. The molecule has 0 aromatic heterocycles. The number of benzene rings is 1. The van der Waals surface area contributed by atoms with Crippen LogP contribution >= 0.6 is 0 Å². The summed E-state index contributed by atoms with van der Waals surface area (Å²) in [4.78, 5) is 24.6. The lowest BCUT2D eigenvalue weighted by atomic mass is 10.1. The van der Waals surface area contributed by atoms with Crippen LogP contribution in [0.15, 0.2) is 24.3 Å². The fourth-order valence-corrected chi connectivity index (χ4v) is 2.60. The first kappa shape index (κ1) is 15.4. The second-order valence-corrected chi connectivity index (χ2v) is 5.42. The Balaban J connectivity index is 1.94. The van der Waals surface area contributed by atoms with Gasteiger partial charge in [0, 0.05) is 12.2 Å². The van der Waals surface area contributed by atoms with E-state index in [2.05, 4.69) is 12.2 Å². The van der Waals surface area contributed by atoms with E-state index in [1.165, 1.54) is 10.5 Å². The number of hydrogen-bond acceptors (Lipinski definition) is 2. The van der Waals surface area contributed by atoms with Gasteiger partial charge in [-0.25, -0.2) is 9.59 Å². The lowest BCUT2D eigenvalue weighted by molar-refractivity contribution is -0.141. The summed E-state index contributed by atoms with van der Waals surface area (Å²) in [6.07, 6.45) is 4.61. The smallest absolute Gasteiger partial charge is 0.326 e. The molecule has 114 valence electrons. The first-order valence-electron chi connectivity index (χ1n) is 7.51. The highest BCUT2D eigenvalue weighted by Crippen LogP contribution is 2.19. The highest BCUT2D eigenvalue weighted by Gasteiger charge is 2.33. The Bertz CT molecular complexity index is 499. The van der Waals surface area contributed by atoms with Crippen LogP contribution in [0.4, 0.5) is 10.5 Å². The lowest BCUT2D eigenvalue weighted by Crippen LogP contribution is -2.42. The van der Waals surface area contributed by atoms with Gasteiger partial charge < -0.3 is 15.3 Å². The van der Waals surface area contributed by atoms with Gasteiger partial charge in [0.1, 0.15) is 6.04 Å². The number of nitrogens with zero attached hydrogens (tertiary/aromatic N) is 1. The van der Waals surface area contributed by atoms with Crippen molar-refractivity contribution in [2.45, 2.75) is 45.1 Å². The molecule has 0 bridgehead atoms. The molecule has 0 radical (unpaired) electrons. The number of carbonyl (C=O) groups is 2. The second kappa shape index (κ2) is 7.11.